The molecule has 7 heteroatoms. The van der Waals surface area contributed by atoms with Gasteiger partial charge in [0.2, 0.25) is 5.88 Å². The Morgan fingerprint density at radius 1 is 1.33 bits per heavy atom. The van der Waals surface area contributed by atoms with Crippen LogP contribution in [0.2, 0.25) is 0 Å². The second-order valence-electron chi connectivity index (χ2n) is 7.64. The highest BCUT2D eigenvalue weighted by Gasteiger charge is 2.27. The van der Waals surface area contributed by atoms with Crippen molar-refractivity contribution < 1.29 is 9.53 Å². The maximum absolute atomic E-state index is 12.7. The van der Waals surface area contributed by atoms with Crippen LogP contribution in [-0.2, 0) is 0 Å². The zero-order valence-corrected chi connectivity index (χ0v) is 16.1. The minimum Gasteiger partial charge on any atom is -0.474 e. The quantitative estimate of drug-likeness (QED) is 0.696. The molecule has 0 aromatic carbocycles. The molecule has 0 saturated heterocycles. The summed E-state index contributed by atoms with van der Waals surface area (Å²) in [7, 11) is 0. The summed E-state index contributed by atoms with van der Waals surface area (Å²) in [5.74, 6) is 0.515. The molecule has 1 fully saturated rings. The number of nitrogens with zero attached hydrogens (tertiary/aromatic N) is 3. The smallest absolute Gasteiger partial charge is 0.268 e. The molecule has 0 atom stereocenters. The van der Waals surface area contributed by atoms with Crippen molar-refractivity contribution in [2.45, 2.75) is 58.7 Å². The van der Waals surface area contributed by atoms with E-state index < -0.39 is 0 Å². The number of hydrogen-bond acceptors (Lipinski definition) is 4. The third kappa shape index (κ3) is 3.41. The summed E-state index contributed by atoms with van der Waals surface area (Å²) in [4.78, 5) is 17.1. The van der Waals surface area contributed by atoms with Gasteiger partial charge < -0.3 is 14.6 Å². The predicted octanol–water partition coefficient (Wildman–Crippen LogP) is 3.69. The van der Waals surface area contributed by atoms with Crippen molar-refractivity contribution in [2.75, 3.05) is 0 Å². The molecule has 4 rings (SSSR count). The number of pyridine rings is 1. The standard InChI is InChI=1S/C20H25N5O2/c1-11(2)25-10-13(9-16(25)19(26)22-14-5-6-14)18-17-15(23-24-18)7-8-21-20(17)27-12(3)4/h7-12,14H,5-6H2,1-4H3,(H,22,26)(H,23,24). The second kappa shape index (κ2) is 6.72. The molecule has 0 radical (unpaired) electrons. The number of aromatic nitrogens is 4. The first kappa shape index (κ1) is 17.6. The summed E-state index contributed by atoms with van der Waals surface area (Å²) >= 11 is 0. The topological polar surface area (TPSA) is 84.8 Å². The van der Waals surface area contributed by atoms with Gasteiger partial charge >= 0.3 is 0 Å². The number of carbonyl (C=O) groups is 1. The molecule has 1 aliphatic rings. The third-order valence-corrected chi connectivity index (χ3v) is 4.61. The average Bonchev–Trinajstić information content (AvgIpc) is 3.14. The molecule has 142 valence electrons. The van der Waals surface area contributed by atoms with Crippen LogP contribution in [0.5, 0.6) is 5.88 Å². The molecule has 0 spiro atoms. The zero-order valence-electron chi connectivity index (χ0n) is 16.1. The SMILES string of the molecule is CC(C)Oc1nccc2[nH]nc(-c3cc(C(=O)NC4CC4)n(C(C)C)c3)c12. The van der Waals surface area contributed by atoms with E-state index in [9.17, 15) is 4.79 Å². The van der Waals surface area contributed by atoms with E-state index in [-0.39, 0.29) is 18.1 Å². The summed E-state index contributed by atoms with van der Waals surface area (Å²) in [5, 5.41) is 11.4. The van der Waals surface area contributed by atoms with Crippen LogP contribution >= 0.6 is 0 Å². The van der Waals surface area contributed by atoms with Gasteiger partial charge in [-0.2, -0.15) is 5.10 Å². The van der Waals surface area contributed by atoms with Gasteiger partial charge in [-0.1, -0.05) is 0 Å². The van der Waals surface area contributed by atoms with Crippen LogP contribution < -0.4 is 10.1 Å². The van der Waals surface area contributed by atoms with Crippen LogP contribution in [0.25, 0.3) is 22.2 Å². The highest BCUT2D eigenvalue weighted by molar-refractivity contribution is 5.99. The number of H-pyrrole nitrogens is 1. The third-order valence-electron chi connectivity index (χ3n) is 4.61. The lowest BCUT2D eigenvalue weighted by atomic mass is 10.1. The molecule has 2 N–H and O–H groups in total. The monoisotopic (exact) mass is 367 g/mol. The maximum Gasteiger partial charge on any atom is 0.268 e. The van der Waals surface area contributed by atoms with Gasteiger partial charge in [0.15, 0.2) is 0 Å². The molecule has 3 aromatic heterocycles. The molecule has 1 aliphatic carbocycles. The Morgan fingerprint density at radius 3 is 2.78 bits per heavy atom. The van der Waals surface area contributed by atoms with Gasteiger partial charge in [-0.05, 0) is 52.7 Å². The van der Waals surface area contributed by atoms with Crippen molar-refractivity contribution in [1.82, 2.24) is 25.1 Å². The zero-order chi connectivity index (χ0) is 19.1. The molecule has 3 heterocycles. The van der Waals surface area contributed by atoms with Gasteiger partial charge in [-0.3, -0.25) is 9.89 Å². The van der Waals surface area contributed by atoms with Gasteiger partial charge in [0, 0.05) is 30.0 Å². The first-order valence-corrected chi connectivity index (χ1v) is 9.47. The van der Waals surface area contributed by atoms with E-state index in [4.69, 9.17) is 4.74 Å². The van der Waals surface area contributed by atoms with Crippen LogP contribution in [0.3, 0.4) is 0 Å². The fraction of sp³-hybridized carbons (Fsp3) is 0.450. The van der Waals surface area contributed by atoms with E-state index in [1.165, 1.54) is 0 Å². The Morgan fingerprint density at radius 2 is 2.11 bits per heavy atom. The van der Waals surface area contributed by atoms with Crippen LogP contribution in [0.4, 0.5) is 0 Å². The van der Waals surface area contributed by atoms with E-state index in [1.807, 2.05) is 36.7 Å². The summed E-state index contributed by atoms with van der Waals surface area (Å²) in [6, 6.07) is 4.25. The van der Waals surface area contributed by atoms with Gasteiger partial charge in [-0.15, -0.1) is 0 Å². The average molecular weight is 367 g/mol. The lowest BCUT2D eigenvalue weighted by Crippen LogP contribution is -2.27. The molecule has 0 unspecified atom stereocenters. The van der Waals surface area contributed by atoms with Crippen molar-refractivity contribution in [3.8, 4) is 17.1 Å². The Bertz CT molecular complexity index is 982. The van der Waals surface area contributed by atoms with Crippen molar-refractivity contribution >= 4 is 16.8 Å². The van der Waals surface area contributed by atoms with E-state index in [0.717, 1.165) is 35.0 Å². The highest BCUT2D eigenvalue weighted by atomic mass is 16.5. The summed E-state index contributed by atoms with van der Waals surface area (Å²) < 4.78 is 7.88. The van der Waals surface area contributed by atoms with E-state index >= 15 is 0 Å². The van der Waals surface area contributed by atoms with Gasteiger partial charge in [0.05, 0.1) is 17.0 Å². The van der Waals surface area contributed by atoms with E-state index in [2.05, 4.69) is 34.3 Å². The number of rotatable bonds is 6. The number of hydrogen-bond donors (Lipinski definition) is 2. The molecule has 1 amide bonds. The molecule has 0 aliphatic heterocycles. The molecule has 1 saturated carbocycles. The van der Waals surface area contributed by atoms with Crippen LogP contribution in [0, 0.1) is 0 Å². The number of aromatic amines is 1. The minimum absolute atomic E-state index is 0.00555. The van der Waals surface area contributed by atoms with Crippen LogP contribution in [0.1, 0.15) is 57.1 Å². The summed E-state index contributed by atoms with van der Waals surface area (Å²) in [6.45, 7) is 8.07. The fourth-order valence-electron chi connectivity index (χ4n) is 3.16. The number of nitrogens with one attached hydrogen (secondary N) is 2. The van der Waals surface area contributed by atoms with Crippen molar-refractivity contribution in [1.29, 1.82) is 0 Å². The van der Waals surface area contributed by atoms with Crippen molar-refractivity contribution in [2.24, 2.45) is 0 Å². The van der Waals surface area contributed by atoms with Crippen molar-refractivity contribution in [3.05, 3.63) is 30.2 Å². The van der Waals surface area contributed by atoms with Gasteiger partial charge in [0.25, 0.3) is 5.91 Å². The number of ether oxygens (including phenoxy) is 1. The summed E-state index contributed by atoms with van der Waals surface area (Å²) in [6.07, 6.45) is 5.81. The van der Waals surface area contributed by atoms with Crippen LogP contribution in [0.15, 0.2) is 24.5 Å². The maximum atomic E-state index is 12.7. The van der Waals surface area contributed by atoms with Gasteiger partial charge in [0.1, 0.15) is 11.4 Å². The Labute approximate surface area is 158 Å². The molecule has 27 heavy (non-hydrogen) atoms. The molecular weight excluding hydrogens is 342 g/mol. The normalized spacial score (nSPS) is 14.3. The Hall–Kier alpha value is -2.83. The second-order valence-corrected chi connectivity index (χ2v) is 7.64. The molecule has 0 bridgehead atoms. The van der Waals surface area contributed by atoms with E-state index in [0.29, 0.717) is 17.6 Å². The Kier molecular flexibility index (Phi) is 4.37. The van der Waals surface area contributed by atoms with E-state index in [1.54, 1.807) is 6.20 Å². The predicted molar refractivity (Wildman–Crippen MR) is 104 cm³/mol. The molecule has 7 nitrogen and oxygen atoms in total. The lowest BCUT2D eigenvalue weighted by Gasteiger charge is -2.12. The number of fused-ring (bicyclic) bond motifs is 1. The number of amides is 1. The van der Waals surface area contributed by atoms with Crippen LogP contribution in [-0.4, -0.2) is 37.8 Å². The highest BCUT2D eigenvalue weighted by Crippen LogP contribution is 2.34. The lowest BCUT2D eigenvalue weighted by molar-refractivity contribution is 0.0940. The minimum atomic E-state index is -0.0333. The molecular formula is C20H25N5O2. The molecule has 3 aromatic rings. The Balaban J connectivity index is 1.80. The largest absolute Gasteiger partial charge is 0.474 e. The number of carbonyl (C=O) groups excluding carboxylic acids is 1. The fourth-order valence-corrected chi connectivity index (χ4v) is 3.16. The first-order chi connectivity index (χ1) is 12.9. The van der Waals surface area contributed by atoms with Crippen molar-refractivity contribution in [3.63, 3.8) is 0 Å². The van der Waals surface area contributed by atoms with Gasteiger partial charge in [-0.25, -0.2) is 4.98 Å². The first-order valence-electron chi connectivity index (χ1n) is 9.47. The summed E-state index contributed by atoms with van der Waals surface area (Å²) in [5.41, 5.74) is 3.13.